The van der Waals surface area contributed by atoms with Crippen molar-refractivity contribution in [3.63, 3.8) is 0 Å². The lowest BCUT2D eigenvalue weighted by molar-refractivity contribution is -0.120. The van der Waals surface area contributed by atoms with Crippen LogP contribution in [0.25, 0.3) is 0 Å². The number of carbonyl (C=O) groups is 1. The summed E-state index contributed by atoms with van der Waals surface area (Å²) in [5.41, 5.74) is 2.25. The minimum atomic E-state index is -0.661. The van der Waals surface area contributed by atoms with E-state index in [1.165, 1.54) is 11.3 Å². The van der Waals surface area contributed by atoms with Crippen LogP contribution in [0, 0.1) is 0 Å². The van der Waals surface area contributed by atoms with E-state index in [0.717, 1.165) is 0 Å². The van der Waals surface area contributed by atoms with E-state index in [-0.39, 0.29) is 5.91 Å². The number of hydrogen-bond donors (Lipinski definition) is 1. The van der Waals surface area contributed by atoms with Crippen LogP contribution in [-0.2, 0) is 4.79 Å². The van der Waals surface area contributed by atoms with Crippen molar-refractivity contribution in [2.45, 2.75) is 5.38 Å². The zero-order valence-corrected chi connectivity index (χ0v) is 7.45. The van der Waals surface area contributed by atoms with Crippen LogP contribution in [0.3, 0.4) is 0 Å². The maximum absolute atomic E-state index is 10.9. The lowest BCUT2D eigenvalue weighted by Gasteiger charge is -2.02. The minimum absolute atomic E-state index is 0.224. The van der Waals surface area contributed by atoms with E-state index in [1.54, 1.807) is 17.9 Å². The topological polar surface area (TPSA) is 42.0 Å². The van der Waals surface area contributed by atoms with Crippen molar-refractivity contribution in [1.82, 2.24) is 10.3 Å². The molecule has 0 radical (unpaired) electrons. The predicted molar refractivity (Wildman–Crippen MR) is 44.8 cm³/mol. The molecule has 1 aromatic heterocycles. The summed E-state index contributed by atoms with van der Waals surface area (Å²) < 4.78 is 0. The van der Waals surface area contributed by atoms with Gasteiger partial charge in [0.25, 0.3) is 0 Å². The molecule has 1 aromatic rings. The van der Waals surface area contributed by atoms with Gasteiger partial charge in [0.2, 0.25) is 5.91 Å². The van der Waals surface area contributed by atoms with Crippen molar-refractivity contribution >= 4 is 28.8 Å². The standard InChI is InChI=1S/C6H7ClN2OS/c1-8-6(10)5(7)4-2-11-3-9-4/h2-3,5H,1H3,(H,8,10). The highest BCUT2D eigenvalue weighted by Crippen LogP contribution is 2.19. The van der Waals surface area contributed by atoms with E-state index in [2.05, 4.69) is 10.3 Å². The molecular formula is C6H7ClN2OS. The molecule has 0 saturated carbocycles. The molecule has 0 saturated heterocycles. The number of halogens is 1. The molecule has 1 rings (SSSR count). The molecule has 1 atom stereocenters. The van der Waals surface area contributed by atoms with Crippen molar-refractivity contribution in [3.8, 4) is 0 Å². The molecule has 5 heteroatoms. The van der Waals surface area contributed by atoms with Gasteiger partial charge in [-0.2, -0.15) is 0 Å². The highest BCUT2D eigenvalue weighted by Gasteiger charge is 2.17. The summed E-state index contributed by atoms with van der Waals surface area (Å²) in [5, 5.41) is 3.54. The van der Waals surface area contributed by atoms with Crippen LogP contribution in [0.4, 0.5) is 0 Å². The third kappa shape index (κ3) is 1.91. The Morgan fingerprint density at radius 2 is 2.64 bits per heavy atom. The first-order valence-electron chi connectivity index (χ1n) is 2.99. The minimum Gasteiger partial charge on any atom is -0.358 e. The summed E-state index contributed by atoms with van der Waals surface area (Å²) in [7, 11) is 1.55. The van der Waals surface area contributed by atoms with Gasteiger partial charge in [0.05, 0.1) is 11.2 Å². The van der Waals surface area contributed by atoms with E-state index in [9.17, 15) is 4.79 Å². The van der Waals surface area contributed by atoms with Gasteiger partial charge in [0.15, 0.2) is 5.38 Å². The molecule has 0 aliphatic heterocycles. The second kappa shape index (κ2) is 3.69. The van der Waals surface area contributed by atoms with E-state index >= 15 is 0 Å². The van der Waals surface area contributed by atoms with E-state index in [4.69, 9.17) is 11.6 Å². The average Bonchev–Trinajstić information content (AvgIpc) is 2.53. The van der Waals surface area contributed by atoms with Crippen LogP contribution >= 0.6 is 22.9 Å². The number of rotatable bonds is 2. The van der Waals surface area contributed by atoms with Gasteiger partial charge in [-0.15, -0.1) is 22.9 Å². The summed E-state index contributed by atoms with van der Waals surface area (Å²) in [6, 6.07) is 0. The Hall–Kier alpha value is -0.610. The molecule has 3 nitrogen and oxygen atoms in total. The molecule has 1 amide bonds. The Bertz CT molecular complexity index is 237. The van der Waals surface area contributed by atoms with Gasteiger partial charge in [-0.3, -0.25) is 4.79 Å². The molecule has 0 aliphatic carbocycles. The molecule has 0 spiro atoms. The van der Waals surface area contributed by atoms with Crippen molar-refractivity contribution in [2.24, 2.45) is 0 Å². The molecule has 1 heterocycles. The van der Waals surface area contributed by atoms with E-state index in [1.807, 2.05) is 0 Å². The Kier molecular flexibility index (Phi) is 2.84. The molecule has 0 aliphatic rings. The molecule has 60 valence electrons. The second-order valence-corrected chi connectivity index (χ2v) is 3.05. The number of nitrogens with one attached hydrogen (secondary N) is 1. The normalized spacial score (nSPS) is 12.5. The van der Waals surface area contributed by atoms with Gasteiger partial charge in [0, 0.05) is 12.4 Å². The number of amides is 1. The summed E-state index contributed by atoms with van der Waals surface area (Å²) in [5.74, 6) is -0.224. The first-order valence-corrected chi connectivity index (χ1v) is 4.37. The Labute approximate surface area is 73.4 Å². The third-order valence-corrected chi connectivity index (χ3v) is 2.21. The maximum Gasteiger partial charge on any atom is 0.243 e. The number of nitrogens with zero attached hydrogens (tertiary/aromatic N) is 1. The molecule has 0 aromatic carbocycles. The number of carbonyl (C=O) groups excluding carboxylic acids is 1. The maximum atomic E-state index is 10.9. The number of thiazole rings is 1. The molecule has 0 fully saturated rings. The molecule has 1 N–H and O–H groups in total. The van der Waals surface area contributed by atoms with Gasteiger partial charge in [0.1, 0.15) is 0 Å². The van der Waals surface area contributed by atoms with Crippen LogP contribution in [-0.4, -0.2) is 17.9 Å². The largest absolute Gasteiger partial charge is 0.358 e. The number of hydrogen-bond acceptors (Lipinski definition) is 3. The van der Waals surface area contributed by atoms with Gasteiger partial charge in [-0.05, 0) is 0 Å². The summed E-state index contributed by atoms with van der Waals surface area (Å²) in [4.78, 5) is 14.8. The fourth-order valence-corrected chi connectivity index (χ4v) is 1.49. The lowest BCUT2D eigenvalue weighted by atomic mass is 10.3. The Balaban J connectivity index is 2.70. The number of aromatic nitrogens is 1. The van der Waals surface area contributed by atoms with E-state index < -0.39 is 5.38 Å². The Morgan fingerprint density at radius 1 is 1.91 bits per heavy atom. The zero-order chi connectivity index (χ0) is 8.27. The quantitative estimate of drug-likeness (QED) is 0.712. The smallest absolute Gasteiger partial charge is 0.243 e. The van der Waals surface area contributed by atoms with Gasteiger partial charge < -0.3 is 5.32 Å². The van der Waals surface area contributed by atoms with Crippen molar-refractivity contribution in [2.75, 3.05) is 7.05 Å². The van der Waals surface area contributed by atoms with Crippen LogP contribution in [0.2, 0.25) is 0 Å². The second-order valence-electron chi connectivity index (χ2n) is 1.89. The summed E-state index contributed by atoms with van der Waals surface area (Å²) in [6.45, 7) is 0. The Morgan fingerprint density at radius 3 is 3.09 bits per heavy atom. The molecule has 0 bridgehead atoms. The predicted octanol–water partition coefficient (Wildman–Crippen LogP) is 1.17. The SMILES string of the molecule is CNC(=O)C(Cl)c1cscn1. The van der Waals surface area contributed by atoms with Crippen molar-refractivity contribution in [1.29, 1.82) is 0 Å². The molecule has 11 heavy (non-hydrogen) atoms. The fraction of sp³-hybridized carbons (Fsp3) is 0.333. The van der Waals surface area contributed by atoms with Gasteiger partial charge in [-0.25, -0.2) is 4.98 Å². The van der Waals surface area contributed by atoms with E-state index in [0.29, 0.717) is 5.69 Å². The number of likely N-dealkylation sites (N-methyl/N-ethyl adjacent to an activating group) is 1. The first kappa shape index (κ1) is 8.49. The van der Waals surface area contributed by atoms with Crippen LogP contribution in [0.15, 0.2) is 10.9 Å². The molecule has 1 unspecified atom stereocenters. The highest BCUT2D eigenvalue weighted by molar-refractivity contribution is 7.07. The van der Waals surface area contributed by atoms with Gasteiger partial charge >= 0.3 is 0 Å². The van der Waals surface area contributed by atoms with Crippen molar-refractivity contribution in [3.05, 3.63) is 16.6 Å². The third-order valence-electron chi connectivity index (χ3n) is 1.19. The van der Waals surface area contributed by atoms with Crippen molar-refractivity contribution < 1.29 is 4.79 Å². The first-order chi connectivity index (χ1) is 5.25. The zero-order valence-electron chi connectivity index (χ0n) is 5.87. The monoisotopic (exact) mass is 190 g/mol. The average molecular weight is 191 g/mol. The molecular weight excluding hydrogens is 184 g/mol. The van der Waals surface area contributed by atoms with Crippen LogP contribution < -0.4 is 5.32 Å². The summed E-state index contributed by atoms with van der Waals surface area (Å²) in [6.07, 6.45) is 0. The van der Waals surface area contributed by atoms with Gasteiger partial charge in [-0.1, -0.05) is 0 Å². The highest BCUT2D eigenvalue weighted by atomic mass is 35.5. The summed E-state index contributed by atoms with van der Waals surface area (Å²) >= 11 is 7.15. The number of alkyl halides is 1. The fourth-order valence-electron chi connectivity index (χ4n) is 0.608. The van der Waals surface area contributed by atoms with Crippen LogP contribution in [0.5, 0.6) is 0 Å². The van der Waals surface area contributed by atoms with Crippen LogP contribution in [0.1, 0.15) is 11.1 Å². The lowest BCUT2D eigenvalue weighted by Crippen LogP contribution is -2.22.